The lowest BCUT2D eigenvalue weighted by Gasteiger charge is -2.34. The van der Waals surface area contributed by atoms with Gasteiger partial charge >= 0.3 is 6.18 Å². The highest BCUT2D eigenvalue weighted by Crippen LogP contribution is 2.30. The fourth-order valence-electron chi connectivity index (χ4n) is 4.62. The Morgan fingerprint density at radius 1 is 1.25 bits per heavy atom. The Kier molecular flexibility index (Phi) is 10.8. The van der Waals surface area contributed by atoms with Crippen LogP contribution in [0.2, 0.25) is 0 Å². The summed E-state index contributed by atoms with van der Waals surface area (Å²) in [6, 6.07) is 12.1. The molecule has 0 aliphatic carbocycles. The summed E-state index contributed by atoms with van der Waals surface area (Å²) in [6.45, 7) is 5.13. The lowest BCUT2D eigenvalue weighted by atomic mass is 10.0. The molecule has 3 rings (SSSR count). The van der Waals surface area contributed by atoms with E-state index in [2.05, 4.69) is 10.2 Å². The van der Waals surface area contributed by atoms with Gasteiger partial charge in [-0.2, -0.15) is 13.2 Å². The van der Waals surface area contributed by atoms with E-state index in [4.69, 9.17) is 9.47 Å². The highest BCUT2D eigenvalue weighted by atomic mass is 19.4. The van der Waals surface area contributed by atoms with Crippen LogP contribution < -0.4 is 14.8 Å². The number of methoxy groups -OCH3 is 1. The molecule has 2 N–H and O–H groups in total. The molecule has 11 heteroatoms. The number of hydrogen-bond acceptors (Lipinski definition) is 6. The average molecular weight is 566 g/mol. The Hall–Kier alpha value is -3.31. The molecule has 0 radical (unpaired) electrons. The highest BCUT2D eigenvalue weighted by molar-refractivity contribution is 5.91. The number of carbonyl (C=O) groups is 2. The lowest BCUT2D eigenvalue weighted by molar-refractivity contribution is -0.142. The van der Waals surface area contributed by atoms with Gasteiger partial charge in [-0.25, -0.2) is 0 Å². The van der Waals surface area contributed by atoms with Crippen molar-refractivity contribution in [3.63, 3.8) is 0 Å². The molecule has 1 aliphatic heterocycles. The number of hydrogen-bond donors (Lipinski definition) is 2. The Balaban J connectivity index is 1.83. The van der Waals surface area contributed by atoms with E-state index >= 15 is 0 Å². The first-order valence-corrected chi connectivity index (χ1v) is 13.3. The number of rotatable bonds is 10. The number of halogens is 3. The van der Waals surface area contributed by atoms with Crippen molar-refractivity contribution in [3.05, 3.63) is 53.6 Å². The van der Waals surface area contributed by atoms with Crippen LogP contribution in [-0.2, 0) is 22.6 Å². The highest BCUT2D eigenvalue weighted by Gasteiger charge is 2.31. The van der Waals surface area contributed by atoms with Crippen LogP contribution in [0.4, 0.5) is 18.9 Å². The first-order valence-electron chi connectivity index (χ1n) is 13.3. The third-order valence-corrected chi connectivity index (χ3v) is 6.94. The number of nitrogens with one attached hydrogen (secondary N) is 1. The van der Waals surface area contributed by atoms with E-state index in [0.29, 0.717) is 30.9 Å². The second kappa shape index (κ2) is 13.8. The number of aliphatic hydroxyl groups excluding tert-OH is 1. The molecule has 0 bridgehead atoms. The molecule has 0 unspecified atom stereocenters. The van der Waals surface area contributed by atoms with Crippen molar-refractivity contribution in [3.8, 4) is 11.5 Å². The number of anilines is 1. The van der Waals surface area contributed by atoms with Crippen molar-refractivity contribution < 1.29 is 37.3 Å². The third kappa shape index (κ3) is 9.12. The minimum Gasteiger partial charge on any atom is -0.497 e. The summed E-state index contributed by atoms with van der Waals surface area (Å²) >= 11 is 0. The van der Waals surface area contributed by atoms with Gasteiger partial charge in [-0.3, -0.25) is 14.5 Å². The summed E-state index contributed by atoms with van der Waals surface area (Å²) in [7, 11) is 3.60. The Labute approximate surface area is 233 Å². The van der Waals surface area contributed by atoms with E-state index in [1.165, 1.54) is 0 Å². The summed E-state index contributed by atoms with van der Waals surface area (Å²) in [5, 5.41) is 12.3. The zero-order valence-corrected chi connectivity index (χ0v) is 23.3. The van der Waals surface area contributed by atoms with Crippen LogP contribution in [0.5, 0.6) is 11.5 Å². The number of benzene rings is 2. The van der Waals surface area contributed by atoms with Gasteiger partial charge in [0.2, 0.25) is 11.8 Å². The number of fused-ring (bicyclic) bond motifs is 1. The smallest absolute Gasteiger partial charge is 0.389 e. The zero-order valence-electron chi connectivity index (χ0n) is 23.3. The SMILES string of the molecule is COc1ccc(CN(C)C[C@H]2Oc3ccc(NC(=O)CCC(F)(F)F)cc3CC(=O)N([C@H](C)CO)C[C@H]2C)cc1. The maximum absolute atomic E-state index is 13.3. The van der Waals surface area contributed by atoms with Crippen LogP contribution in [0.3, 0.4) is 0 Å². The first kappa shape index (κ1) is 31.2. The molecule has 2 aromatic carbocycles. The summed E-state index contributed by atoms with van der Waals surface area (Å²) in [6.07, 6.45) is -6.72. The molecule has 0 spiro atoms. The summed E-state index contributed by atoms with van der Waals surface area (Å²) in [5.41, 5.74) is 1.88. The van der Waals surface area contributed by atoms with Gasteiger partial charge in [0.25, 0.3) is 0 Å². The Bertz CT molecular complexity index is 1140. The van der Waals surface area contributed by atoms with E-state index in [9.17, 15) is 27.9 Å². The number of nitrogens with zero attached hydrogens (tertiary/aromatic N) is 2. The maximum atomic E-state index is 13.3. The van der Waals surface area contributed by atoms with E-state index in [0.717, 1.165) is 11.3 Å². The maximum Gasteiger partial charge on any atom is 0.389 e. The monoisotopic (exact) mass is 565 g/mol. The van der Waals surface area contributed by atoms with Gasteiger partial charge in [0.15, 0.2) is 0 Å². The normalized spacial score (nSPS) is 18.7. The van der Waals surface area contributed by atoms with E-state index in [-0.39, 0.29) is 36.6 Å². The van der Waals surface area contributed by atoms with Gasteiger partial charge in [0, 0.05) is 43.2 Å². The van der Waals surface area contributed by atoms with Gasteiger partial charge in [-0.15, -0.1) is 0 Å². The van der Waals surface area contributed by atoms with Gasteiger partial charge in [0.05, 0.1) is 32.6 Å². The van der Waals surface area contributed by atoms with Gasteiger partial charge in [0.1, 0.15) is 17.6 Å². The Morgan fingerprint density at radius 3 is 2.58 bits per heavy atom. The zero-order chi connectivity index (χ0) is 29.4. The number of aliphatic hydroxyl groups is 1. The number of amides is 2. The largest absolute Gasteiger partial charge is 0.497 e. The second-order valence-corrected chi connectivity index (χ2v) is 10.4. The molecule has 2 amide bonds. The lowest BCUT2D eigenvalue weighted by Crippen LogP contribution is -2.47. The van der Waals surface area contributed by atoms with Crippen molar-refractivity contribution in [1.29, 1.82) is 0 Å². The number of ether oxygens (including phenoxy) is 2. The van der Waals surface area contributed by atoms with Crippen LogP contribution in [0.1, 0.15) is 37.8 Å². The minimum absolute atomic E-state index is 0.0485. The van der Waals surface area contributed by atoms with Crippen LogP contribution >= 0.6 is 0 Å². The predicted octanol–water partition coefficient (Wildman–Crippen LogP) is 4.26. The van der Waals surface area contributed by atoms with Crippen LogP contribution in [-0.4, -0.2) is 78.9 Å². The number of likely N-dealkylation sites (N-methyl/N-ethyl adjacent to an activating group) is 1. The molecule has 220 valence electrons. The molecular formula is C29H38F3N3O5. The van der Waals surface area contributed by atoms with Crippen molar-refractivity contribution in [1.82, 2.24) is 9.80 Å². The molecule has 1 heterocycles. The van der Waals surface area contributed by atoms with Crippen molar-refractivity contribution in [2.24, 2.45) is 5.92 Å². The van der Waals surface area contributed by atoms with E-state index < -0.39 is 31.0 Å². The number of alkyl halides is 3. The molecule has 0 fully saturated rings. The molecule has 0 saturated carbocycles. The fourth-order valence-corrected chi connectivity index (χ4v) is 4.62. The summed E-state index contributed by atoms with van der Waals surface area (Å²) in [4.78, 5) is 29.2. The van der Waals surface area contributed by atoms with Gasteiger partial charge in [-0.05, 0) is 49.9 Å². The average Bonchev–Trinajstić information content (AvgIpc) is 2.94. The summed E-state index contributed by atoms with van der Waals surface area (Å²) in [5.74, 6) is 0.162. The van der Waals surface area contributed by atoms with Crippen LogP contribution in [0.25, 0.3) is 0 Å². The predicted molar refractivity (Wildman–Crippen MR) is 145 cm³/mol. The molecular weight excluding hydrogens is 527 g/mol. The Morgan fingerprint density at radius 2 is 1.95 bits per heavy atom. The number of carbonyl (C=O) groups excluding carboxylic acids is 2. The summed E-state index contributed by atoms with van der Waals surface area (Å²) < 4.78 is 49.3. The molecule has 0 saturated heterocycles. The second-order valence-electron chi connectivity index (χ2n) is 10.4. The molecule has 3 atom stereocenters. The van der Waals surface area contributed by atoms with E-state index in [1.807, 2.05) is 38.2 Å². The molecule has 8 nitrogen and oxygen atoms in total. The van der Waals surface area contributed by atoms with Crippen molar-refractivity contribution in [2.75, 3.05) is 39.2 Å². The quantitative estimate of drug-likeness (QED) is 0.448. The first-order chi connectivity index (χ1) is 18.9. The van der Waals surface area contributed by atoms with Crippen molar-refractivity contribution >= 4 is 17.5 Å². The molecule has 1 aliphatic rings. The van der Waals surface area contributed by atoms with Crippen LogP contribution in [0, 0.1) is 5.92 Å². The van der Waals surface area contributed by atoms with Crippen molar-refractivity contribution in [2.45, 2.75) is 58.0 Å². The topological polar surface area (TPSA) is 91.3 Å². The standard InChI is InChI=1S/C29H38F3N3O5/c1-19-15-35(20(2)18-36)28(38)14-22-13-23(33-27(37)11-12-29(30,31)32)7-10-25(22)40-26(19)17-34(3)16-21-5-8-24(39-4)9-6-21/h5-10,13,19-20,26,36H,11-12,14-18H2,1-4H3,(H,33,37)/t19-,20-,26-/m1/s1. The minimum atomic E-state index is -4.43. The fraction of sp³-hybridized carbons (Fsp3) is 0.517. The molecule has 2 aromatic rings. The van der Waals surface area contributed by atoms with Gasteiger partial charge < -0.3 is 24.8 Å². The third-order valence-electron chi connectivity index (χ3n) is 6.94. The van der Waals surface area contributed by atoms with E-state index in [1.54, 1.807) is 37.1 Å². The van der Waals surface area contributed by atoms with Crippen LogP contribution in [0.15, 0.2) is 42.5 Å². The molecule has 40 heavy (non-hydrogen) atoms. The van der Waals surface area contributed by atoms with Gasteiger partial charge in [-0.1, -0.05) is 19.1 Å². The molecule has 0 aromatic heterocycles.